The van der Waals surface area contributed by atoms with Gasteiger partial charge in [0.15, 0.2) is 23.1 Å². The summed E-state index contributed by atoms with van der Waals surface area (Å²) >= 11 is 0. The second kappa shape index (κ2) is 10.9. The highest BCUT2D eigenvalue weighted by Gasteiger charge is 2.18. The van der Waals surface area contributed by atoms with Gasteiger partial charge < -0.3 is 29.2 Å². The first-order valence-corrected chi connectivity index (χ1v) is 9.10. The molecule has 9 heteroatoms. The van der Waals surface area contributed by atoms with Gasteiger partial charge in [0.05, 0.1) is 34.4 Å². The number of ether oxygens (including phenoxy) is 4. The van der Waals surface area contributed by atoms with Crippen molar-refractivity contribution >= 4 is 11.8 Å². The number of halogens is 1. The number of amides is 2. The van der Waals surface area contributed by atoms with E-state index in [4.69, 9.17) is 18.9 Å². The summed E-state index contributed by atoms with van der Waals surface area (Å²) in [5, 5.41) is 2.55. The maximum atomic E-state index is 13.5. The third-order valence-electron chi connectivity index (χ3n) is 4.27. The molecule has 0 saturated carbocycles. The van der Waals surface area contributed by atoms with Crippen molar-refractivity contribution in [3.05, 3.63) is 47.8 Å². The molecule has 0 fully saturated rings. The van der Waals surface area contributed by atoms with E-state index in [1.54, 1.807) is 19.2 Å². The first-order chi connectivity index (χ1) is 14.4. The molecule has 0 aliphatic carbocycles. The third-order valence-corrected chi connectivity index (χ3v) is 4.27. The second-order valence-electron chi connectivity index (χ2n) is 6.19. The number of likely N-dealkylation sites (N-methyl/N-ethyl adjacent to an activating group) is 1. The summed E-state index contributed by atoms with van der Waals surface area (Å²) in [5.41, 5.74) is 0.253. The second-order valence-corrected chi connectivity index (χ2v) is 6.19. The standard InChI is InChI=1S/C21H25FN2O6/c1-24(9-10-30-16-8-6-5-7-15(16)22)19(25)13-23-21(26)14-11-17(27-2)20(29-4)18(12-14)28-3/h5-8,11-12H,9-10,13H2,1-4H3,(H,23,26). The molecule has 0 bridgehead atoms. The summed E-state index contributed by atoms with van der Waals surface area (Å²) in [6.07, 6.45) is 0. The van der Waals surface area contributed by atoms with Gasteiger partial charge in [0.2, 0.25) is 11.7 Å². The summed E-state index contributed by atoms with van der Waals surface area (Å²) < 4.78 is 34.5. The van der Waals surface area contributed by atoms with E-state index in [0.717, 1.165) is 0 Å². The Morgan fingerprint density at radius 1 is 1.00 bits per heavy atom. The van der Waals surface area contributed by atoms with Crippen LogP contribution in [0.25, 0.3) is 0 Å². The van der Waals surface area contributed by atoms with Crippen LogP contribution in [-0.2, 0) is 4.79 Å². The van der Waals surface area contributed by atoms with Gasteiger partial charge in [-0.2, -0.15) is 0 Å². The molecule has 2 amide bonds. The molecule has 0 saturated heterocycles. The Morgan fingerprint density at radius 3 is 2.20 bits per heavy atom. The van der Waals surface area contributed by atoms with Crippen molar-refractivity contribution in [2.75, 3.05) is 48.1 Å². The van der Waals surface area contributed by atoms with E-state index in [0.29, 0.717) is 17.2 Å². The van der Waals surface area contributed by atoms with E-state index >= 15 is 0 Å². The number of carbonyl (C=O) groups excluding carboxylic acids is 2. The molecular weight excluding hydrogens is 395 g/mol. The topological polar surface area (TPSA) is 86.3 Å². The predicted octanol–water partition coefficient (Wildman–Crippen LogP) is 2.12. The fourth-order valence-corrected chi connectivity index (χ4v) is 2.58. The Labute approximate surface area is 174 Å². The SMILES string of the molecule is COc1cc(C(=O)NCC(=O)N(C)CCOc2ccccc2F)cc(OC)c1OC. The Balaban J connectivity index is 1.89. The Morgan fingerprint density at radius 2 is 1.63 bits per heavy atom. The van der Waals surface area contributed by atoms with E-state index in [2.05, 4.69) is 5.32 Å². The zero-order chi connectivity index (χ0) is 22.1. The summed E-state index contributed by atoms with van der Waals surface area (Å²) in [5.74, 6) is -0.127. The van der Waals surface area contributed by atoms with Gasteiger partial charge in [0.1, 0.15) is 6.61 Å². The van der Waals surface area contributed by atoms with Gasteiger partial charge in [0, 0.05) is 12.6 Å². The quantitative estimate of drug-likeness (QED) is 0.634. The number of hydrogen-bond acceptors (Lipinski definition) is 6. The number of hydrogen-bond donors (Lipinski definition) is 1. The summed E-state index contributed by atoms with van der Waals surface area (Å²) in [6, 6.07) is 9.01. The number of rotatable bonds is 10. The molecule has 1 N–H and O–H groups in total. The lowest BCUT2D eigenvalue weighted by Gasteiger charge is -2.18. The van der Waals surface area contributed by atoms with Gasteiger partial charge in [-0.3, -0.25) is 9.59 Å². The zero-order valence-electron chi connectivity index (χ0n) is 17.4. The van der Waals surface area contributed by atoms with E-state index in [1.165, 1.54) is 50.5 Å². The Hall–Kier alpha value is -3.49. The largest absolute Gasteiger partial charge is 0.493 e. The molecule has 0 spiro atoms. The van der Waals surface area contributed by atoms with Crippen molar-refractivity contribution in [1.82, 2.24) is 10.2 Å². The lowest BCUT2D eigenvalue weighted by Crippen LogP contribution is -2.39. The van der Waals surface area contributed by atoms with Crippen molar-refractivity contribution in [2.24, 2.45) is 0 Å². The highest BCUT2D eigenvalue weighted by Crippen LogP contribution is 2.38. The minimum Gasteiger partial charge on any atom is -0.493 e. The third kappa shape index (κ3) is 5.76. The van der Waals surface area contributed by atoms with Crippen LogP contribution in [0.4, 0.5) is 4.39 Å². The molecule has 2 rings (SSSR count). The minimum atomic E-state index is -0.474. The molecule has 0 atom stereocenters. The number of benzene rings is 2. The van der Waals surface area contributed by atoms with E-state index in [-0.39, 0.29) is 36.9 Å². The van der Waals surface area contributed by atoms with Gasteiger partial charge in [-0.15, -0.1) is 0 Å². The smallest absolute Gasteiger partial charge is 0.251 e. The van der Waals surface area contributed by atoms with Gasteiger partial charge >= 0.3 is 0 Å². The molecule has 0 heterocycles. The minimum absolute atomic E-state index is 0.115. The molecule has 2 aromatic carbocycles. The Bertz CT molecular complexity index is 865. The van der Waals surface area contributed by atoms with Crippen LogP contribution in [0.3, 0.4) is 0 Å². The molecular formula is C21H25FN2O6. The summed E-state index contributed by atoms with van der Waals surface area (Å²) in [4.78, 5) is 26.1. The normalized spacial score (nSPS) is 10.2. The monoisotopic (exact) mass is 420 g/mol. The molecule has 0 aromatic heterocycles. The van der Waals surface area contributed by atoms with Crippen LogP contribution in [0.1, 0.15) is 10.4 Å². The van der Waals surface area contributed by atoms with E-state index < -0.39 is 11.7 Å². The number of carbonyl (C=O) groups is 2. The van der Waals surface area contributed by atoms with Crippen LogP contribution in [0.2, 0.25) is 0 Å². The molecule has 8 nitrogen and oxygen atoms in total. The number of methoxy groups -OCH3 is 3. The highest BCUT2D eigenvalue weighted by atomic mass is 19.1. The Kier molecular flexibility index (Phi) is 8.28. The molecule has 0 aliphatic heterocycles. The first kappa shape index (κ1) is 22.8. The average Bonchev–Trinajstić information content (AvgIpc) is 2.77. The van der Waals surface area contributed by atoms with Crippen LogP contribution in [0.5, 0.6) is 23.0 Å². The number of nitrogens with one attached hydrogen (secondary N) is 1. The van der Waals surface area contributed by atoms with Crippen LogP contribution in [0.15, 0.2) is 36.4 Å². The van der Waals surface area contributed by atoms with Crippen LogP contribution in [0, 0.1) is 5.82 Å². The zero-order valence-corrected chi connectivity index (χ0v) is 17.4. The van der Waals surface area contributed by atoms with Gasteiger partial charge in [-0.05, 0) is 24.3 Å². The van der Waals surface area contributed by atoms with Crippen molar-refractivity contribution in [2.45, 2.75) is 0 Å². The number of para-hydroxylation sites is 1. The highest BCUT2D eigenvalue weighted by molar-refractivity contribution is 5.97. The fraction of sp³-hybridized carbons (Fsp3) is 0.333. The van der Waals surface area contributed by atoms with E-state index in [9.17, 15) is 14.0 Å². The lowest BCUT2D eigenvalue weighted by molar-refractivity contribution is -0.129. The number of nitrogens with zero attached hydrogens (tertiary/aromatic N) is 1. The first-order valence-electron chi connectivity index (χ1n) is 9.10. The van der Waals surface area contributed by atoms with Crippen molar-refractivity contribution in [3.63, 3.8) is 0 Å². The molecule has 0 radical (unpaired) electrons. The maximum Gasteiger partial charge on any atom is 0.251 e. The lowest BCUT2D eigenvalue weighted by atomic mass is 10.1. The molecule has 0 aliphatic rings. The fourth-order valence-electron chi connectivity index (χ4n) is 2.58. The van der Waals surface area contributed by atoms with Crippen LogP contribution < -0.4 is 24.3 Å². The van der Waals surface area contributed by atoms with E-state index in [1.807, 2.05) is 0 Å². The van der Waals surface area contributed by atoms with Crippen LogP contribution >= 0.6 is 0 Å². The maximum absolute atomic E-state index is 13.5. The van der Waals surface area contributed by atoms with Crippen molar-refractivity contribution in [1.29, 1.82) is 0 Å². The molecule has 162 valence electrons. The average molecular weight is 420 g/mol. The predicted molar refractivity (Wildman–Crippen MR) is 108 cm³/mol. The van der Waals surface area contributed by atoms with Crippen molar-refractivity contribution in [3.8, 4) is 23.0 Å². The van der Waals surface area contributed by atoms with Crippen LogP contribution in [-0.4, -0.2) is 64.8 Å². The van der Waals surface area contributed by atoms with Gasteiger partial charge in [-0.1, -0.05) is 12.1 Å². The molecule has 2 aromatic rings. The summed E-state index contributed by atoms with van der Waals surface area (Å²) in [7, 11) is 5.92. The van der Waals surface area contributed by atoms with Gasteiger partial charge in [0.25, 0.3) is 5.91 Å². The molecule has 30 heavy (non-hydrogen) atoms. The van der Waals surface area contributed by atoms with Gasteiger partial charge in [-0.25, -0.2) is 4.39 Å². The molecule has 0 unspecified atom stereocenters. The summed E-state index contributed by atoms with van der Waals surface area (Å²) in [6.45, 7) is 0.128. The van der Waals surface area contributed by atoms with Crippen molar-refractivity contribution < 1.29 is 32.9 Å².